The molecule has 0 unspecified atom stereocenters. The van der Waals surface area contributed by atoms with E-state index < -0.39 is 42.7 Å². The molecule has 4 rings (SSSR count). The summed E-state index contributed by atoms with van der Waals surface area (Å²) in [4.78, 5) is 34.0. The molecule has 0 N–H and O–H groups in total. The van der Waals surface area contributed by atoms with Crippen LogP contribution in [0.25, 0.3) is 0 Å². The fraction of sp³-hybridized carbons (Fsp3) is 0.375. The number of hydrogen-bond acceptors (Lipinski definition) is 4. The number of hydrogen-bond donors (Lipinski definition) is 0. The van der Waals surface area contributed by atoms with Crippen LogP contribution >= 0.6 is 69.6 Å². The first-order valence-corrected chi connectivity index (χ1v) is 10.0. The highest BCUT2D eigenvalue weighted by atomic mass is 35.5. The van der Waals surface area contributed by atoms with Gasteiger partial charge in [0.15, 0.2) is 4.33 Å². The van der Waals surface area contributed by atoms with E-state index in [2.05, 4.69) is 0 Å². The lowest BCUT2D eigenvalue weighted by molar-refractivity contribution is -0.384. The number of fused-ring (bicyclic) bond motifs is 5. The van der Waals surface area contributed by atoms with Crippen molar-refractivity contribution in [1.29, 1.82) is 0 Å². The summed E-state index contributed by atoms with van der Waals surface area (Å²) >= 11 is 38.5. The number of non-ortho nitro benzene ring substituents is 1. The Kier molecular flexibility index (Phi) is 4.32. The fourth-order valence-electron chi connectivity index (χ4n) is 4.18. The van der Waals surface area contributed by atoms with Gasteiger partial charge in [-0.1, -0.05) is 52.5 Å². The largest absolute Gasteiger partial charge is 0.274 e. The number of amides is 2. The van der Waals surface area contributed by atoms with Gasteiger partial charge in [0.05, 0.1) is 32.5 Å². The van der Waals surface area contributed by atoms with Gasteiger partial charge in [0.1, 0.15) is 9.75 Å². The molecule has 0 spiro atoms. The molecule has 2 bridgehead atoms. The molecule has 0 radical (unpaired) electrons. The second kappa shape index (κ2) is 5.90. The smallest absolute Gasteiger partial charge is 0.271 e. The molecule has 2 aliphatic carbocycles. The van der Waals surface area contributed by atoms with E-state index in [1.165, 1.54) is 12.1 Å². The molecule has 12 heteroatoms. The Morgan fingerprint density at radius 2 is 1.46 bits per heavy atom. The van der Waals surface area contributed by atoms with Crippen molar-refractivity contribution in [3.63, 3.8) is 0 Å². The van der Waals surface area contributed by atoms with Crippen molar-refractivity contribution >= 4 is 92.8 Å². The molecule has 28 heavy (non-hydrogen) atoms. The van der Waals surface area contributed by atoms with E-state index in [1.807, 2.05) is 0 Å². The zero-order chi connectivity index (χ0) is 21.0. The maximum atomic E-state index is 13.3. The number of benzene rings is 1. The minimum absolute atomic E-state index is 0.0422. The number of carbonyl (C=O) groups excluding carboxylic acids is 2. The van der Waals surface area contributed by atoms with Crippen LogP contribution in [0.4, 0.5) is 11.4 Å². The molecule has 2 amide bonds. The van der Waals surface area contributed by atoms with Gasteiger partial charge in [-0.25, -0.2) is 4.90 Å². The van der Waals surface area contributed by atoms with Gasteiger partial charge in [0, 0.05) is 12.1 Å². The Morgan fingerprint density at radius 3 is 1.89 bits per heavy atom. The molecular weight excluding hydrogens is 497 g/mol. The number of nitro benzene ring substituents is 1. The first-order chi connectivity index (χ1) is 12.8. The van der Waals surface area contributed by atoms with Crippen LogP contribution in [0.5, 0.6) is 0 Å². The average Bonchev–Trinajstić information content (AvgIpc) is 3.00. The Bertz CT molecular complexity index is 980. The van der Waals surface area contributed by atoms with Crippen molar-refractivity contribution < 1.29 is 14.5 Å². The molecule has 1 saturated heterocycles. The Balaban J connectivity index is 1.91. The zero-order valence-corrected chi connectivity index (χ0v) is 18.2. The predicted molar refractivity (Wildman–Crippen MR) is 108 cm³/mol. The monoisotopic (exact) mass is 502 g/mol. The summed E-state index contributed by atoms with van der Waals surface area (Å²) in [6, 6.07) is 3.81. The summed E-state index contributed by atoms with van der Waals surface area (Å²) in [7, 11) is 0. The molecule has 2 fully saturated rings. The molecule has 1 heterocycles. The first kappa shape index (κ1) is 20.5. The van der Waals surface area contributed by atoms with E-state index in [4.69, 9.17) is 69.6 Å². The van der Waals surface area contributed by atoms with E-state index in [0.717, 1.165) is 11.0 Å². The highest BCUT2D eigenvalue weighted by Gasteiger charge is 2.87. The molecule has 148 valence electrons. The maximum absolute atomic E-state index is 13.3. The Hall–Kier alpha value is -0.760. The number of carbonyl (C=O) groups is 2. The molecule has 6 nitrogen and oxygen atoms in total. The van der Waals surface area contributed by atoms with Gasteiger partial charge in [-0.3, -0.25) is 19.7 Å². The van der Waals surface area contributed by atoms with E-state index in [0.29, 0.717) is 5.56 Å². The third-order valence-corrected chi connectivity index (χ3v) is 9.81. The van der Waals surface area contributed by atoms with Gasteiger partial charge in [-0.2, -0.15) is 0 Å². The molecule has 1 aromatic carbocycles. The predicted octanol–water partition coefficient (Wildman–Crippen LogP) is 4.85. The van der Waals surface area contributed by atoms with Crippen molar-refractivity contribution in [3.8, 4) is 0 Å². The van der Waals surface area contributed by atoms with Crippen LogP contribution in [-0.4, -0.2) is 30.8 Å². The van der Waals surface area contributed by atoms with Crippen LogP contribution in [-0.2, 0) is 9.59 Å². The Labute approximate surface area is 188 Å². The van der Waals surface area contributed by atoms with Crippen LogP contribution in [0, 0.1) is 28.9 Å². The zero-order valence-electron chi connectivity index (χ0n) is 13.7. The number of rotatable bonds is 2. The number of allylic oxidation sites excluding steroid dienone is 2. The summed E-state index contributed by atoms with van der Waals surface area (Å²) in [5.41, 5.74) is 0.209. The van der Waals surface area contributed by atoms with Gasteiger partial charge in [-0.05, 0) is 12.5 Å². The van der Waals surface area contributed by atoms with E-state index >= 15 is 0 Å². The molecule has 4 atom stereocenters. The van der Waals surface area contributed by atoms with Crippen molar-refractivity contribution in [2.24, 2.45) is 11.8 Å². The number of alkyl halides is 4. The minimum Gasteiger partial charge on any atom is -0.274 e. The second-order valence-corrected chi connectivity index (χ2v) is 10.1. The summed E-state index contributed by atoms with van der Waals surface area (Å²) in [6.45, 7) is 1.60. The lowest BCUT2D eigenvalue weighted by Crippen LogP contribution is -2.50. The third-order valence-electron chi connectivity index (χ3n) is 5.55. The van der Waals surface area contributed by atoms with Gasteiger partial charge >= 0.3 is 0 Å². The standard InChI is InChI=1S/C16H8Cl6N2O4/c1-5-2-3-6(24(27)28)4-7(5)23-12(25)8-9(13(23)26)15(20)11(18)10(17)14(8,19)16(15,21)22/h2-4,8-9H,1H3/t8-,9+,14-,15-/m0/s1. The molecule has 1 aromatic rings. The number of nitro groups is 1. The van der Waals surface area contributed by atoms with Crippen LogP contribution in [0.2, 0.25) is 0 Å². The quantitative estimate of drug-likeness (QED) is 0.249. The van der Waals surface area contributed by atoms with E-state index in [9.17, 15) is 19.7 Å². The van der Waals surface area contributed by atoms with Crippen LogP contribution in [0.15, 0.2) is 28.3 Å². The second-order valence-electron chi connectivity index (χ2n) is 6.82. The van der Waals surface area contributed by atoms with Crippen LogP contribution in [0.3, 0.4) is 0 Å². The first-order valence-electron chi connectivity index (χ1n) is 7.78. The topological polar surface area (TPSA) is 80.5 Å². The van der Waals surface area contributed by atoms with Crippen molar-refractivity contribution in [2.75, 3.05) is 4.90 Å². The van der Waals surface area contributed by atoms with Gasteiger partial charge in [-0.15, -0.1) is 23.2 Å². The average molecular weight is 505 g/mol. The minimum atomic E-state index is -2.03. The lowest BCUT2D eigenvalue weighted by atomic mass is 9.84. The molecule has 3 aliphatic rings. The van der Waals surface area contributed by atoms with E-state index in [-0.39, 0.29) is 21.4 Å². The maximum Gasteiger partial charge on any atom is 0.271 e. The highest BCUT2D eigenvalue weighted by molar-refractivity contribution is 6.67. The van der Waals surface area contributed by atoms with Gasteiger partial charge < -0.3 is 0 Å². The third kappa shape index (κ3) is 1.99. The highest BCUT2D eigenvalue weighted by Crippen LogP contribution is 2.77. The van der Waals surface area contributed by atoms with Crippen molar-refractivity contribution in [1.82, 2.24) is 0 Å². The molecular formula is C16H8Cl6N2O4. The summed E-state index contributed by atoms with van der Waals surface area (Å²) in [6.07, 6.45) is 0. The molecule has 1 saturated carbocycles. The number of nitrogens with zero attached hydrogens (tertiary/aromatic N) is 2. The Morgan fingerprint density at radius 1 is 1.00 bits per heavy atom. The van der Waals surface area contributed by atoms with Crippen molar-refractivity contribution in [2.45, 2.75) is 21.0 Å². The fourth-order valence-corrected chi connectivity index (χ4v) is 7.11. The van der Waals surface area contributed by atoms with Crippen LogP contribution < -0.4 is 4.90 Å². The van der Waals surface area contributed by atoms with Gasteiger partial charge in [0.2, 0.25) is 11.8 Å². The number of imide groups is 1. The van der Waals surface area contributed by atoms with E-state index in [1.54, 1.807) is 6.92 Å². The number of anilines is 1. The molecule has 1 aliphatic heterocycles. The number of halogens is 6. The SMILES string of the molecule is Cc1ccc([N+](=O)[O-])cc1N1C(=O)[C@@H]2[C@H](C1=O)[C@]1(Cl)C(Cl)=C(Cl)[C@]2(Cl)C1(Cl)Cl. The van der Waals surface area contributed by atoms with Crippen LogP contribution in [0.1, 0.15) is 5.56 Å². The van der Waals surface area contributed by atoms with Gasteiger partial charge in [0.25, 0.3) is 5.69 Å². The summed E-state index contributed by atoms with van der Waals surface area (Å²) < 4.78 is -2.03. The normalized spacial score (nSPS) is 35.8. The summed E-state index contributed by atoms with van der Waals surface area (Å²) in [5, 5.41) is 10.7. The number of aryl methyl sites for hydroxylation is 1. The molecule has 0 aromatic heterocycles. The summed E-state index contributed by atoms with van der Waals surface area (Å²) in [5.74, 6) is -4.10. The lowest BCUT2D eigenvalue weighted by Gasteiger charge is -2.34. The van der Waals surface area contributed by atoms with Crippen molar-refractivity contribution in [3.05, 3.63) is 43.9 Å².